The lowest BCUT2D eigenvalue weighted by molar-refractivity contribution is 0.0221. The van der Waals surface area contributed by atoms with Gasteiger partial charge in [-0.2, -0.15) is 0 Å². The Bertz CT molecular complexity index is 117. The van der Waals surface area contributed by atoms with E-state index in [0.29, 0.717) is 0 Å². The van der Waals surface area contributed by atoms with E-state index < -0.39 is 0 Å². The zero-order chi connectivity index (χ0) is 7.14. The normalized spacial score (nSPS) is 53.4. The molecule has 0 saturated heterocycles. The number of rotatable bonds is 0. The lowest BCUT2D eigenvalue weighted by Crippen LogP contribution is -2.41. The maximum absolute atomic E-state index is 9.37. The largest absolute Gasteiger partial charge is 0.392 e. The Labute approximate surface area is 66.4 Å². The Hall–Kier alpha value is 0.250. The highest BCUT2D eigenvalue weighted by molar-refractivity contribution is 6.21. The summed E-state index contributed by atoms with van der Waals surface area (Å²) in [5.41, 5.74) is 0. The van der Waals surface area contributed by atoms with Crippen molar-refractivity contribution in [2.24, 2.45) is 11.8 Å². The van der Waals surface area contributed by atoms with Crippen molar-refractivity contribution in [2.45, 2.75) is 37.2 Å². The summed E-state index contributed by atoms with van der Waals surface area (Å²) in [6, 6.07) is 0. The van der Waals surface area contributed by atoms with Crippen LogP contribution in [0, 0.1) is 11.8 Å². The van der Waals surface area contributed by atoms with Crippen LogP contribution in [-0.2, 0) is 0 Å². The Morgan fingerprint density at radius 2 is 1.70 bits per heavy atom. The first-order chi connectivity index (χ1) is 4.77. The Kier molecular flexibility index (Phi) is 1.65. The van der Waals surface area contributed by atoms with Crippen LogP contribution in [0.15, 0.2) is 0 Å². The molecular formula is C8H13ClO. The molecule has 10 heavy (non-hydrogen) atoms. The van der Waals surface area contributed by atoms with Crippen molar-refractivity contribution < 1.29 is 5.11 Å². The third-order valence-corrected chi connectivity index (χ3v) is 3.53. The van der Waals surface area contributed by atoms with E-state index in [4.69, 9.17) is 11.6 Å². The maximum Gasteiger partial charge on any atom is 0.0706 e. The number of alkyl halides is 1. The Morgan fingerprint density at radius 3 is 2.20 bits per heavy atom. The van der Waals surface area contributed by atoms with Gasteiger partial charge in [-0.25, -0.2) is 0 Å². The van der Waals surface area contributed by atoms with Crippen molar-refractivity contribution in [1.82, 2.24) is 0 Å². The Morgan fingerprint density at radius 1 is 1.10 bits per heavy atom. The van der Waals surface area contributed by atoms with Crippen LogP contribution in [0.1, 0.15) is 25.7 Å². The zero-order valence-corrected chi connectivity index (χ0v) is 6.72. The molecule has 0 aromatic rings. The second-order valence-electron chi connectivity index (χ2n) is 3.65. The molecule has 0 spiro atoms. The summed E-state index contributed by atoms with van der Waals surface area (Å²) in [7, 11) is 0. The van der Waals surface area contributed by atoms with E-state index in [1.807, 2.05) is 0 Å². The summed E-state index contributed by atoms with van der Waals surface area (Å²) in [5.74, 6) is 1.66. The third kappa shape index (κ3) is 0.960. The average Bonchev–Trinajstić information content (AvgIpc) is 1.89. The number of halogens is 1. The summed E-state index contributed by atoms with van der Waals surface area (Å²) < 4.78 is 0. The van der Waals surface area contributed by atoms with Gasteiger partial charge in [0.1, 0.15) is 0 Å². The predicted octanol–water partition coefficient (Wildman–Crippen LogP) is 1.77. The molecule has 0 heterocycles. The highest BCUT2D eigenvalue weighted by Crippen LogP contribution is 2.46. The summed E-state index contributed by atoms with van der Waals surface area (Å²) in [6.07, 6.45) is 4.46. The molecule has 2 rings (SSSR count). The van der Waals surface area contributed by atoms with Crippen molar-refractivity contribution in [3.63, 3.8) is 0 Å². The highest BCUT2D eigenvalue weighted by Gasteiger charge is 2.40. The van der Waals surface area contributed by atoms with Crippen molar-refractivity contribution in [3.05, 3.63) is 0 Å². The van der Waals surface area contributed by atoms with Crippen LogP contribution in [0.5, 0.6) is 0 Å². The minimum absolute atomic E-state index is 0.0431. The van der Waals surface area contributed by atoms with Crippen molar-refractivity contribution in [3.8, 4) is 0 Å². The van der Waals surface area contributed by atoms with Crippen LogP contribution in [0.4, 0.5) is 0 Å². The van der Waals surface area contributed by atoms with Gasteiger partial charge < -0.3 is 5.11 Å². The smallest absolute Gasteiger partial charge is 0.0706 e. The van der Waals surface area contributed by atoms with E-state index in [1.165, 1.54) is 12.8 Å². The standard InChI is InChI=1S/C8H13ClO/c9-7-3-5-1-2-6(5)4-8(7)10/h5-8,10H,1-4H2/t5-,6?,7?,8?/m1/s1. The second kappa shape index (κ2) is 2.38. The molecule has 3 unspecified atom stereocenters. The molecule has 1 N–H and O–H groups in total. The highest BCUT2D eigenvalue weighted by atomic mass is 35.5. The van der Waals surface area contributed by atoms with Gasteiger partial charge in [0.25, 0.3) is 0 Å². The Balaban J connectivity index is 1.96. The number of aliphatic hydroxyl groups excluding tert-OH is 1. The summed E-state index contributed by atoms with van der Waals surface area (Å²) in [4.78, 5) is 0. The second-order valence-corrected chi connectivity index (χ2v) is 4.21. The lowest BCUT2D eigenvalue weighted by Gasteiger charge is -2.44. The van der Waals surface area contributed by atoms with Crippen molar-refractivity contribution >= 4 is 11.6 Å². The van der Waals surface area contributed by atoms with Gasteiger partial charge in [-0.05, 0) is 37.5 Å². The minimum atomic E-state index is -0.219. The molecular weight excluding hydrogens is 148 g/mol. The fourth-order valence-electron chi connectivity index (χ4n) is 2.16. The summed E-state index contributed by atoms with van der Waals surface area (Å²) >= 11 is 5.91. The fraction of sp³-hybridized carbons (Fsp3) is 1.00. The van der Waals surface area contributed by atoms with E-state index in [-0.39, 0.29) is 11.5 Å². The molecule has 0 aliphatic heterocycles. The molecule has 0 radical (unpaired) electrons. The number of hydrogen-bond donors (Lipinski definition) is 1. The summed E-state index contributed by atoms with van der Waals surface area (Å²) in [6.45, 7) is 0. The maximum atomic E-state index is 9.37. The first-order valence-electron chi connectivity index (χ1n) is 4.09. The van der Waals surface area contributed by atoms with Gasteiger partial charge in [0.15, 0.2) is 0 Å². The van der Waals surface area contributed by atoms with E-state index in [2.05, 4.69) is 0 Å². The molecule has 1 nitrogen and oxygen atoms in total. The fourth-order valence-corrected chi connectivity index (χ4v) is 2.49. The van der Waals surface area contributed by atoms with Gasteiger partial charge in [-0.15, -0.1) is 11.6 Å². The van der Waals surface area contributed by atoms with Crippen LogP contribution in [-0.4, -0.2) is 16.6 Å². The van der Waals surface area contributed by atoms with Crippen LogP contribution >= 0.6 is 11.6 Å². The lowest BCUT2D eigenvalue weighted by atomic mass is 9.65. The number of aliphatic hydroxyl groups is 1. The monoisotopic (exact) mass is 160 g/mol. The molecule has 0 bridgehead atoms. The van der Waals surface area contributed by atoms with Gasteiger partial charge in [0, 0.05) is 0 Å². The predicted molar refractivity (Wildman–Crippen MR) is 41.1 cm³/mol. The van der Waals surface area contributed by atoms with E-state index in [1.54, 1.807) is 0 Å². The van der Waals surface area contributed by atoms with Gasteiger partial charge in [0.05, 0.1) is 11.5 Å². The van der Waals surface area contributed by atoms with Crippen molar-refractivity contribution in [1.29, 1.82) is 0 Å². The quantitative estimate of drug-likeness (QED) is 0.536. The first kappa shape index (κ1) is 6.93. The van der Waals surface area contributed by atoms with Gasteiger partial charge >= 0.3 is 0 Å². The molecule has 2 fully saturated rings. The topological polar surface area (TPSA) is 20.2 Å². The number of hydrogen-bond acceptors (Lipinski definition) is 1. The molecule has 2 saturated carbocycles. The van der Waals surface area contributed by atoms with E-state index in [0.717, 1.165) is 24.7 Å². The SMILES string of the molecule is OC1CC2CC[C@@H]2CC1Cl. The van der Waals surface area contributed by atoms with Crippen LogP contribution < -0.4 is 0 Å². The van der Waals surface area contributed by atoms with Gasteiger partial charge in [0.2, 0.25) is 0 Å². The zero-order valence-electron chi connectivity index (χ0n) is 5.96. The minimum Gasteiger partial charge on any atom is -0.392 e. The van der Waals surface area contributed by atoms with Gasteiger partial charge in [-0.1, -0.05) is 0 Å². The first-order valence-corrected chi connectivity index (χ1v) is 4.53. The number of fused-ring (bicyclic) bond motifs is 1. The molecule has 0 amide bonds. The van der Waals surface area contributed by atoms with Crippen LogP contribution in [0.25, 0.3) is 0 Å². The molecule has 4 atom stereocenters. The average molecular weight is 161 g/mol. The van der Waals surface area contributed by atoms with E-state index >= 15 is 0 Å². The molecule has 2 heteroatoms. The van der Waals surface area contributed by atoms with E-state index in [9.17, 15) is 5.11 Å². The third-order valence-electron chi connectivity index (χ3n) is 3.06. The van der Waals surface area contributed by atoms with Gasteiger partial charge in [-0.3, -0.25) is 0 Å². The summed E-state index contributed by atoms with van der Waals surface area (Å²) in [5, 5.41) is 9.41. The molecule has 0 aromatic carbocycles. The molecule has 58 valence electrons. The molecule has 2 aliphatic carbocycles. The van der Waals surface area contributed by atoms with Crippen molar-refractivity contribution in [2.75, 3.05) is 0 Å². The van der Waals surface area contributed by atoms with Crippen LogP contribution in [0.3, 0.4) is 0 Å². The molecule has 0 aromatic heterocycles. The van der Waals surface area contributed by atoms with Crippen LogP contribution in [0.2, 0.25) is 0 Å². The molecule has 2 aliphatic rings.